The van der Waals surface area contributed by atoms with E-state index in [9.17, 15) is 4.79 Å². The van der Waals surface area contributed by atoms with Gasteiger partial charge in [-0.25, -0.2) is 4.79 Å². The van der Waals surface area contributed by atoms with Crippen LogP contribution < -0.4 is 0 Å². The number of rotatable bonds is 3. The summed E-state index contributed by atoms with van der Waals surface area (Å²) in [4.78, 5) is 13.8. The highest BCUT2D eigenvalue weighted by atomic mass is 32.2. The standard InChI is InChI=1S/C13H21N3O2S2/c1-9-14-15-11(20-9)19-8-10-5-6-16(7-10)12(17)18-13(2,3)4/h10H,5-8H2,1-4H3. The third-order valence-corrected chi connectivity index (χ3v) is 5.09. The molecule has 1 amide bonds. The molecule has 20 heavy (non-hydrogen) atoms. The summed E-state index contributed by atoms with van der Waals surface area (Å²) < 4.78 is 6.41. The van der Waals surface area contributed by atoms with Crippen molar-refractivity contribution >= 4 is 29.2 Å². The summed E-state index contributed by atoms with van der Waals surface area (Å²) in [7, 11) is 0. The lowest BCUT2D eigenvalue weighted by Crippen LogP contribution is -2.35. The Morgan fingerprint density at radius 2 is 2.25 bits per heavy atom. The molecule has 1 aromatic heterocycles. The number of nitrogens with zero attached hydrogens (tertiary/aromatic N) is 3. The predicted molar refractivity (Wildman–Crippen MR) is 81.3 cm³/mol. The van der Waals surface area contributed by atoms with Crippen molar-refractivity contribution in [3.05, 3.63) is 5.01 Å². The molecule has 7 heteroatoms. The molecule has 1 unspecified atom stereocenters. The molecule has 0 aliphatic carbocycles. The number of amides is 1. The molecule has 112 valence electrons. The van der Waals surface area contributed by atoms with Crippen molar-refractivity contribution in [2.45, 2.75) is 44.1 Å². The molecular formula is C13H21N3O2S2. The quantitative estimate of drug-likeness (QED) is 0.802. The van der Waals surface area contributed by atoms with Gasteiger partial charge in [0.15, 0.2) is 4.34 Å². The van der Waals surface area contributed by atoms with Crippen LogP contribution >= 0.6 is 23.1 Å². The van der Waals surface area contributed by atoms with Gasteiger partial charge in [0.05, 0.1) is 0 Å². The third-order valence-electron chi connectivity index (χ3n) is 2.89. The Labute approximate surface area is 128 Å². The second kappa shape index (κ2) is 6.30. The monoisotopic (exact) mass is 315 g/mol. The van der Waals surface area contributed by atoms with E-state index in [-0.39, 0.29) is 6.09 Å². The van der Waals surface area contributed by atoms with Gasteiger partial charge in [-0.15, -0.1) is 10.2 Å². The summed E-state index contributed by atoms with van der Waals surface area (Å²) in [5, 5.41) is 9.11. The largest absolute Gasteiger partial charge is 0.444 e. The van der Waals surface area contributed by atoms with Crippen LogP contribution in [0, 0.1) is 12.8 Å². The molecule has 1 fully saturated rings. The van der Waals surface area contributed by atoms with E-state index in [0.29, 0.717) is 5.92 Å². The number of likely N-dealkylation sites (tertiary alicyclic amines) is 1. The number of carbonyl (C=O) groups is 1. The lowest BCUT2D eigenvalue weighted by Gasteiger charge is -2.24. The minimum absolute atomic E-state index is 0.197. The fourth-order valence-electron chi connectivity index (χ4n) is 1.99. The second-order valence-electron chi connectivity index (χ2n) is 5.98. The summed E-state index contributed by atoms with van der Waals surface area (Å²) in [6.45, 7) is 9.21. The van der Waals surface area contributed by atoms with E-state index in [2.05, 4.69) is 10.2 Å². The SMILES string of the molecule is Cc1nnc(SCC2CCN(C(=O)OC(C)(C)C)C2)s1. The number of ether oxygens (including phenoxy) is 1. The van der Waals surface area contributed by atoms with Crippen molar-refractivity contribution < 1.29 is 9.53 Å². The lowest BCUT2D eigenvalue weighted by atomic mass is 10.2. The zero-order valence-electron chi connectivity index (χ0n) is 12.4. The van der Waals surface area contributed by atoms with Crippen molar-refractivity contribution in [2.24, 2.45) is 5.92 Å². The Balaban J connectivity index is 1.76. The van der Waals surface area contributed by atoms with E-state index in [1.807, 2.05) is 32.6 Å². The summed E-state index contributed by atoms with van der Waals surface area (Å²) in [6, 6.07) is 0. The average molecular weight is 315 g/mol. The maximum absolute atomic E-state index is 12.0. The molecule has 0 spiro atoms. The van der Waals surface area contributed by atoms with E-state index in [0.717, 1.165) is 34.6 Å². The van der Waals surface area contributed by atoms with Gasteiger partial charge in [0.25, 0.3) is 0 Å². The van der Waals surface area contributed by atoms with E-state index >= 15 is 0 Å². The number of thioether (sulfide) groups is 1. The molecule has 0 radical (unpaired) electrons. The van der Waals surface area contributed by atoms with Crippen LogP contribution in [0.15, 0.2) is 4.34 Å². The van der Waals surface area contributed by atoms with Crippen LogP contribution in [0.4, 0.5) is 4.79 Å². The zero-order valence-corrected chi connectivity index (χ0v) is 14.0. The van der Waals surface area contributed by atoms with Gasteiger partial charge in [0.1, 0.15) is 10.6 Å². The molecule has 1 atom stereocenters. The number of carbonyl (C=O) groups excluding carboxylic acids is 1. The summed E-state index contributed by atoms with van der Waals surface area (Å²) >= 11 is 3.35. The second-order valence-corrected chi connectivity index (χ2v) is 8.43. The van der Waals surface area contributed by atoms with Gasteiger partial charge >= 0.3 is 6.09 Å². The highest BCUT2D eigenvalue weighted by Gasteiger charge is 2.29. The van der Waals surface area contributed by atoms with Crippen molar-refractivity contribution in [2.75, 3.05) is 18.8 Å². The Bertz CT molecular complexity index is 470. The highest BCUT2D eigenvalue weighted by Crippen LogP contribution is 2.28. The van der Waals surface area contributed by atoms with Crippen molar-refractivity contribution in [1.29, 1.82) is 0 Å². The molecule has 0 saturated carbocycles. The molecule has 1 aromatic rings. The summed E-state index contributed by atoms with van der Waals surface area (Å²) in [5.41, 5.74) is -0.423. The Kier molecular flexibility index (Phi) is 4.90. The molecule has 0 N–H and O–H groups in total. The maximum atomic E-state index is 12.0. The first-order valence-electron chi connectivity index (χ1n) is 6.74. The normalized spacial score (nSPS) is 19.4. The van der Waals surface area contributed by atoms with E-state index in [4.69, 9.17) is 4.74 Å². The molecule has 0 bridgehead atoms. The van der Waals surface area contributed by atoms with Gasteiger partial charge in [-0.3, -0.25) is 0 Å². The van der Waals surface area contributed by atoms with Gasteiger partial charge < -0.3 is 9.64 Å². The van der Waals surface area contributed by atoms with Gasteiger partial charge in [-0.05, 0) is 40.0 Å². The fraction of sp³-hybridized carbons (Fsp3) is 0.769. The molecule has 0 aromatic carbocycles. The van der Waals surface area contributed by atoms with Gasteiger partial charge in [0.2, 0.25) is 0 Å². The molecule has 1 aliphatic heterocycles. The zero-order chi connectivity index (χ0) is 14.8. The van der Waals surface area contributed by atoms with Crippen LogP contribution in [-0.4, -0.2) is 45.6 Å². The van der Waals surface area contributed by atoms with Crippen molar-refractivity contribution in [1.82, 2.24) is 15.1 Å². The Hall–Kier alpha value is -0.820. The number of hydrogen-bond acceptors (Lipinski definition) is 6. The van der Waals surface area contributed by atoms with Crippen molar-refractivity contribution in [3.63, 3.8) is 0 Å². The van der Waals surface area contributed by atoms with E-state index < -0.39 is 5.60 Å². The highest BCUT2D eigenvalue weighted by molar-refractivity contribution is 8.01. The fourth-order valence-corrected chi connectivity index (χ4v) is 3.95. The van der Waals surface area contributed by atoms with E-state index in [1.54, 1.807) is 23.1 Å². The number of aromatic nitrogens is 2. The topological polar surface area (TPSA) is 55.3 Å². The van der Waals surface area contributed by atoms with Gasteiger partial charge in [-0.2, -0.15) is 0 Å². The average Bonchev–Trinajstić information content (AvgIpc) is 2.93. The molecule has 5 nitrogen and oxygen atoms in total. The molecular weight excluding hydrogens is 294 g/mol. The minimum atomic E-state index is -0.423. The third kappa shape index (κ3) is 4.63. The van der Waals surface area contributed by atoms with E-state index in [1.165, 1.54) is 0 Å². The molecule has 1 saturated heterocycles. The van der Waals surface area contributed by atoms with Gasteiger partial charge in [0, 0.05) is 18.8 Å². The van der Waals surface area contributed by atoms with Crippen LogP contribution in [0.2, 0.25) is 0 Å². The van der Waals surface area contributed by atoms with Gasteiger partial charge in [-0.1, -0.05) is 23.1 Å². The first-order chi connectivity index (χ1) is 9.33. The summed E-state index contributed by atoms with van der Waals surface area (Å²) in [5.74, 6) is 1.49. The first-order valence-corrected chi connectivity index (χ1v) is 8.54. The molecule has 2 rings (SSSR count). The molecule has 1 aliphatic rings. The van der Waals surface area contributed by atoms with Crippen LogP contribution in [0.25, 0.3) is 0 Å². The number of aryl methyl sites for hydroxylation is 1. The minimum Gasteiger partial charge on any atom is -0.444 e. The lowest BCUT2D eigenvalue weighted by molar-refractivity contribution is 0.0289. The number of hydrogen-bond donors (Lipinski definition) is 0. The first kappa shape index (κ1) is 15.6. The van der Waals surface area contributed by atoms with Crippen LogP contribution in [-0.2, 0) is 4.74 Å². The summed E-state index contributed by atoms with van der Waals surface area (Å²) in [6.07, 6.45) is 0.834. The maximum Gasteiger partial charge on any atom is 0.410 e. The molecule has 2 heterocycles. The van der Waals surface area contributed by atoms with Crippen LogP contribution in [0.1, 0.15) is 32.2 Å². The van der Waals surface area contributed by atoms with Crippen LogP contribution in [0.5, 0.6) is 0 Å². The van der Waals surface area contributed by atoms with Crippen molar-refractivity contribution in [3.8, 4) is 0 Å². The smallest absolute Gasteiger partial charge is 0.410 e. The Morgan fingerprint density at radius 1 is 1.50 bits per heavy atom. The predicted octanol–water partition coefficient (Wildman–Crippen LogP) is 3.20. The van der Waals surface area contributed by atoms with Crippen LogP contribution in [0.3, 0.4) is 0 Å². The Morgan fingerprint density at radius 3 is 2.85 bits per heavy atom.